The minimum Gasteiger partial charge on any atom is -0.378 e. The molecule has 156 valence electrons. The van der Waals surface area contributed by atoms with Crippen LogP contribution in [0.3, 0.4) is 0 Å². The molecule has 2 N–H and O–H groups in total. The van der Waals surface area contributed by atoms with Gasteiger partial charge in [-0.1, -0.05) is 48.0 Å². The topological polar surface area (TPSA) is 119 Å². The Morgan fingerprint density at radius 2 is 1.48 bits per heavy atom. The zero-order valence-electron chi connectivity index (χ0n) is 16.2. The lowest BCUT2D eigenvalue weighted by Gasteiger charge is -2.16. The molecular formula is C22H16N2O6S. The van der Waals surface area contributed by atoms with Crippen molar-refractivity contribution in [3.8, 4) is 5.75 Å². The lowest BCUT2D eigenvalue weighted by Crippen LogP contribution is -2.51. The molecule has 0 unspecified atom stereocenters. The van der Waals surface area contributed by atoms with Crippen LogP contribution in [0.2, 0.25) is 0 Å². The molecule has 0 bridgehead atoms. The van der Waals surface area contributed by atoms with E-state index in [0.29, 0.717) is 5.39 Å². The Hall–Kier alpha value is -3.98. The predicted molar refractivity (Wildman–Crippen MR) is 113 cm³/mol. The molecule has 0 spiro atoms. The molecule has 1 fully saturated rings. The normalized spacial score (nSPS) is 14.2. The third-order valence-electron chi connectivity index (χ3n) is 4.67. The molecule has 0 radical (unpaired) electrons. The van der Waals surface area contributed by atoms with Gasteiger partial charge in [0.1, 0.15) is 10.5 Å². The van der Waals surface area contributed by atoms with Crippen LogP contribution in [0, 0.1) is 6.92 Å². The van der Waals surface area contributed by atoms with Crippen molar-refractivity contribution in [3.05, 3.63) is 77.4 Å². The van der Waals surface area contributed by atoms with E-state index in [9.17, 15) is 22.8 Å². The Balaban J connectivity index is 1.86. The largest absolute Gasteiger partial charge is 0.378 e. The molecule has 4 amide bonds. The minimum absolute atomic E-state index is 0.0383. The number of nitrogens with one attached hydrogen (secondary N) is 2. The second-order valence-electron chi connectivity index (χ2n) is 6.84. The van der Waals surface area contributed by atoms with Crippen molar-refractivity contribution in [2.24, 2.45) is 0 Å². The van der Waals surface area contributed by atoms with Gasteiger partial charge in [-0.15, -0.1) is 0 Å². The number of urea groups is 1. The van der Waals surface area contributed by atoms with Crippen LogP contribution in [0.4, 0.5) is 4.79 Å². The molecule has 1 saturated heterocycles. The van der Waals surface area contributed by atoms with E-state index in [1.807, 2.05) is 17.6 Å². The molecule has 8 nitrogen and oxygen atoms in total. The molecule has 0 aromatic heterocycles. The van der Waals surface area contributed by atoms with Crippen molar-refractivity contribution in [2.45, 2.75) is 11.8 Å². The minimum atomic E-state index is -4.18. The second-order valence-corrected chi connectivity index (χ2v) is 8.39. The van der Waals surface area contributed by atoms with Gasteiger partial charge in [0.25, 0.3) is 11.8 Å². The third kappa shape index (κ3) is 4.03. The smallest absolute Gasteiger partial charge is 0.339 e. The Labute approximate surface area is 177 Å². The Kier molecular flexibility index (Phi) is 5.04. The standard InChI is InChI=1S/C22H16N2O6S/c1-13-6-9-15(10-7-13)31(28,29)30-19-11-8-14-4-2-3-5-16(14)17(19)12-18-20(25)23-22(27)24-21(18)26/h2-12H,1H3,(H2,23,24,25,26,27). The maximum atomic E-state index is 12.8. The lowest BCUT2D eigenvalue weighted by molar-refractivity contribution is -0.123. The van der Waals surface area contributed by atoms with Crippen molar-refractivity contribution in [2.75, 3.05) is 0 Å². The van der Waals surface area contributed by atoms with Crippen molar-refractivity contribution < 1.29 is 27.0 Å². The molecular weight excluding hydrogens is 420 g/mol. The monoisotopic (exact) mass is 436 g/mol. The average molecular weight is 436 g/mol. The third-order valence-corrected chi connectivity index (χ3v) is 5.92. The van der Waals surface area contributed by atoms with E-state index in [2.05, 4.69) is 0 Å². The number of benzene rings is 3. The number of hydrogen-bond acceptors (Lipinski definition) is 6. The van der Waals surface area contributed by atoms with Crippen LogP contribution in [0.1, 0.15) is 11.1 Å². The van der Waals surface area contributed by atoms with Gasteiger partial charge in [-0.25, -0.2) is 4.79 Å². The summed E-state index contributed by atoms with van der Waals surface area (Å²) in [7, 11) is -4.18. The van der Waals surface area contributed by atoms with Crippen molar-refractivity contribution in [3.63, 3.8) is 0 Å². The van der Waals surface area contributed by atoms with Crippen LogP contribution in [-0.2, 0) is 19.7 Å². The summed E-state index contributed by atoms with van der Waals surface area (Å²) in [6.45, 7) is 1.83. The fourth-order valence-corrected chi connectivity index (χ4v) is 4.07. The van der Waals surface area contributed by atoms with E-state index in [-0.39, 0.29) is 21.8 Å². The SMILES string of the molecule is Cc1ccc(S(=O)(=O)Oc2ccc3ccccc3c2C=C2C(=O)NC(=O)NC2=O)cc1. The summed E-state index contributed by atoms with van der Waals surface area (Å²) in [5.74, 6) is -1.85. The summed E-state index contributed by atoms with van der Waals surface area (Å²) in [5, 5.41) is 5.28. The maximum absolute atomic E-state index is 12.8. The summed E-state index contributed by atoms with van der Waals surface area (Å²) >= 11 is 0. The number of barbiturate groups is 1. The highest BCUT2D eigenvalue weighted by molar-refractivity contribution is 7.87. The van der Waals surface area contributed by atoms with E-state index in [0.717, 1.165) is 10.9 Å². The van der Waals surface area contributed by atoms with Crippen LogP contribution in [0.15, 0.2) is 71.1 Å². The first-order valence-electron chi connectivity index (χ1n) is 9.16. The number of carbonyl (C=O) groups excluding carboxylic acids is 3. The molecule has 9 heteroatoms. The van der Waals surface area contributed by atoms with Gasteiger partial charge in [-0.05, 0) is 42.0 Å². The maximum Gasteiger partial charge on any atom is 0.339 e. The van der Waals surface area contributed by atoms with Gasteiger partial charge in [-0.2, -0.15) is 8.42 Å². The number of imide groups is 2. The van der Waals surface area contributed by atoms with Gasteiger partial charge in [0, 0.05) is 5.56 Å². The molecule has 4 rings (SSSR count). The van der Waals surface area contributed by atoms with Crippen molar-refractivity contribution in [1.82, 2.24) is 10.6 Å². The summed E-state index contributed by atoms with van der Waals surface area (Å²) in [6, 6.07) is 15.4. The molecule has 1 aliphatic rings. The molecule has 3 aromatic rings. The van der Waals surface area contributed by atoms with Gasteiger partial charge in [-0.3, -0.25) is 20.2 Å². The number of carbonyl (C=O) groups is 3. The highest BCUT2D eigenvalue weighted by Gasteiger charge is 2.29. The van der Waals surface area contributed by atoms with Crippen molar-refractivity contribution in [1.29, 1.82) is 0 Å². The predicted octanol–water partition coefficient (Wildman–Crippen LogP) is 2.67. The van der Waals surface area contributed by atoms with Crippen molar-refractivity contribution >= 4 is 44.8 Å². The average Bonchev–Trinajstić information content (AvgIpc) is 2.71. The van der Waals surface area contributed by atoms with E-state index in [1.54, 1.807) is 42.5 Å². The number of hydrogen-bond donors (Lipinski definition) is 2. The van der Waals surface area contributed by atoms with Crippen LogP contribution < -0.4 is 14.8 Å². The summed E-state index contributed by atoms with van der Waals surface area (Å²) in [4.78, 5) is 35.7. The summed E-state index contributed by atoms with van der Waals surface area (Å²) < 4.78 is 31.0. The zero-order chi connectivity index (χ0) is 22.2. The lowest BCUT2D eigenvalue weighted by atomic mass is 10.0. The molecule has 3 aromatic carbocycles. The van der Waals surface area contributed by atoms with Gasteiger partial charge in [0.2, 0.25) is 0 Å². The molecule has 0 saturated carbocycles. The quantitative estimate of drug-likeness (QED) is 0.369. The van der Waals surface area contributed by atoms with Gasteiger partial charge in [0.15, 0.2) is 5.75 Å². The highest BCUT2D eigenvalue weighted by Crippen LogP contribution is 2.32. The fraction of sp³-hybridized carbons (Fsp3) is 0.0455. The van der Waals surface area contributed by atoms with Gasteiger partial charge in [0.05, 0.1) is 0 Å². The van der Waals surface area contributed by atoms with E-state index in [4.69, 9.17) is 4.18 Å². The first-order chi connectivity index (χ1) is 14.7. The first kappa shape index (κ1) is 20.3. The molecule has 0 atom stereocenters. The zero-order valence-corrected chi connectivity index (χ0v) is 17.0. The Bertz CT molecular complexity index is 1350. The van der Waals surface area contributed by atoms with Crippen LogP contribution in [0.25, 0.3) is 16.8 Å². The van der Waals surface area contributed by atoms with E-state index >= 15 is 0 Å². The second kappa shape index (κ2) is 7.69. The molecule has 1 aliphatic heterocycles. The van der Waals surface area contributed by atoms with Crippen LogP contribution in [0.5, 0.6) is 5.75 Å². The van der Waals surface area contributed by atoms with E-state index in [1.165, 1.54) is 24.3 Å². The van der Waals surface area contributed by atoms with Gasteiger partial charge >= 0.3 is 16.1 Å². The summed E-state index contributed by atoms with van der Waals surface area (Å²) in [6.07, 6.45) is 1.21. The molecule has 1 heterocycles. The number of rotatable bonds is 4. The molecule has 0 aliphatic carbocycles. The number of amides is 4. The van der Waals surface area contributed by atoms with Gasteiger partial charge < -0.3 is 4.18 Å². The van der Waals surface area contributed by atoms with Crippen LogP contribution >= 0.6 is 0 Å². The first-order valence-corrected chi connectivity index (χ1v) is 10.6. The number of aryl methyl sites for hydroxylation is 1. The molecule has 31 heavy (non-hydrogen) atoms. The van der Waals surface area contributed by atoms with E-state index < -0.39 is 28.0 Å². The highest BCUT2D eigenvalue weighted by atomic mass is 32.2. The Morgan fingerprint density at radius 3 is 2.16 bits per heavy atom. The number of fused-ring (bicyclic) bond motifs is 1. The van der Waals surface area contributed by atoms with Crippen LogP contribution in [-0.4, -0.2) is 26.3 Å². The fourth-order valence-electron chi connectivity index (χ4n) is 3.12. The summed E-state index contributed by atoms with van der Waals surface area (Å²) in [5.41, 5.74) is 0.746. The Morgan fingerprint density at radius 1 is 0.839 bits per heavy atom.